The zero-order valence-electron chi connectivity index (χ0n) is 14.3. The van der Waals surface area contributed by atoms with E-state index >= 15 is 0 Å². The molecule has 0 spiro atoms. The van der Waals surface area contributed by atoms with Crippen molar-refractivity contribution >= 4 is 23.4 Å². The number of carboxylic acids is 1. The third-order valence-electron chi connectivity index (χ3n) is 4.36. The summed E-state index contributed by atoms with van der Waals surface area (Å²) in [4.78, 5) is 37.0. The number of carbonyl (C=O) groups excluding carboxylic acids is 2. The summed E-state index contributed by atoms with van der Waals surface area (Å²) in [5.41, 5.74) is 1.36. The number of likely N-dealkylation sites (tertiary alicyclic amines) is 1. The van der Waals surface area contributed by atoms with Gasteiger partial charge in [-0.3, -0.25) is 14.4 Å². The zero-order chi connectivity index (χ0) is 19.7. The molecule has 1 fully saturated rings. The first kappa shape index (κ1) is 18.3. The Hall–Kier alpha value is -3.48. The summed E-state index contributed by atoms with van der Waals surface area (Å²) in [5, 5.41) is 19.8. The van der Waals surface area contributed by atoms with Gasteiger partial charge in [0.25, 0.3) is 11.7 Å². The Morgan fingerprint density at radius 1 is 1.04 bits per heavy atom. The molecule has 2 aromatic carbocycles. The number of halogens is 1. The number of aliphatic hydroxyl groups is 1. The van der Waals surface area contributed by atoms with Crippen LogP contribution >= 0.6 is 0 Å². The molecule has 0 aromatic heterocycles. The number of hydrogen-bond acceptors (Lipinski definition) is 4. The predicted molar refractivity (Wildman–Crippen MR) is 94.2 cm³/mol. The number of carboxylic acid groups (broad SMARTS) is 1. The van der Waals surface area contributed by atoms with Crippen LogP contribution in [0.3, 0.4) is 0 Å². The van der Waals surface area contributed by atoms with Gasteiger partial charge in [0.15, 0.2) is 0 Å². The number of aliphatic carboxylic acids is 1. The summed E-state index contributed by atoms with van der Waals surface area (Å²) in [7, 11) is 0. The van der Waals surface area contributed by atoms with Crippen LogP contribution < -0.4 is 0 Å². The molecule has 1 aliphatic heterocycles. The van der Waals surface area contributed by atoms with Crippen molar-refractivity contribution in [2.45, 2.75) is 13.0 Å². The monoisotopic (exact) mass is 369 g/mol. The highest BCUT2D eigenvalue weighted by molar-refractivity contribution is 6.46. The van der Waals surface area contributed by atoms with E-state index in [2.05, 4.69) is 0 Å². The second-order valence-electron chi connectivity index (χ2n) is 6.24. The highest BCUT2D eigenvalue weighted by Gasteiger charge is 2.46. The minimum Gasteiger partial charge on any atom is -0.507 e. The largest absolute Gasteiger partial charge is 0.507 e. The van der Waals surface area contributed by atoms with E-state index in [4.69, 9.17) is 5.11 Å². The van der Waals surface area contributed by atoms with Crippen LogP contribution in [0.5, 0.6) is 0 Å². The van der Waals surface area contributed by atoms with Gasteiger partial charge in [-0.2, -0.15) is 0 Å². The van der Waals surface area contributed by atoms with E-state index in [0.717, 1.165) is 22.6 Å². The third-order valence-corrected chi connectivity index (χ3v) is 4.36. The molecule has 1 heterocycles. The van der Waals surface area contributed by atoms with Crippen LogP contribution in [0.25, 0.3) is 5.76 Å². The average molecular weight is 369 g/mol. The fourth-order valence-electron chi connectivity index (χ4n) is 3.05. The molecule has 138 valence electrons. The quantitative estimate of drug-likeness (QED) is 0.491. The molecule has 1 amide bonds. The van der Waals surface area contributed by atoms with Gasteiger partial charge < -0.3 is 15.1 Å². The number of hydrogen-bond donors (Lipinski definition) is 2. The molecule has 1 unspecified atom stereocenters. The van der Waals surface area contributed by atoms with E-state index in [1.54, 1.807) is 24.3 Å². The molecule has 27 heavy (non-hydrogen) atoms. The second-order valence-corrected chi connectivity index (χ2v) is 6.24. The predicted octanol–water partition coefficient (Wildman–Crippen LogP) is 2.64. The van der Waals surface area contributed by atoms with Crippen molar-refractivity contribution in [3.05, 3.63) is 76.6 Å². The van der Waals surface area contributed by atoms with Crippen molar-refractivity contribution in [1.29, 1.82) is 0 Å². The first-order chi connectivity index (χ1) is 12.8. The van der Waals surface area contributed by atoms with E-state index in [1.165, 1.54) is 12.1 Å². The minimum atomic E-state index is -1.31. The second kappa shape index (κ2) is 7.03. The lowest BCUT2D eigenvalue weighted by Gasteiger charge is -2.23. The van der Waals surface area contributed by atoms with Gasteiger partial charge in [0, 0.05) is 5.56 Å². The van der Waals surface area contributed by atoms with Crippen LogP contribution in [0, 0.1) is 12.7 Å². The summed E-state index contributed by atoms with van der Waals surface area (Å²) in [5.74, 6) is -4.24. The van der Waals surface area contributed by atoms with Crippen LogP contribution in [0.4, 0.5) is 4.39 Å². The molecule has 6 nitrogen and oxygen atoms in total. The Kier molecular flexibility index (Phi) is 4.77. The molecule has 0 aliphatic carbocycles. The van der Waals surface area contributed by atoms with E-state index in [1.807, 2.05) is 6.92 Å². The molecule has 2 N–H and O–H groups in total. The minimum absolute atomic E-state index is 0.225. The lowest BCUT2D eigenvalue weighted by molar-refractivity contribution is -0.146. The lowest BCUT2D eigenvalue weighted by Crippen LogP contribution is -2.34. The van der Waals surface area contributed by atoms with Gasteiger partial charge in [-0.05, 0) is 24.6 Å². The normalized spacial score (nSPS) is 18.7. The maximum atomic E-state index is 13.3. The summed E-state index contributed by atoms with van der Waals surface area (Å²) >= 11 is 0. The Morgan fingerprint density at radius 3 is 2.19 bits per heavy atom. The van der Waals surface area contributed by atoms with Gasteiger partial charge in [0.2, 0.25) is 0 Å². The van der Waals surface area contributed by atoms with E-state index in [0.29, 0.717) is 11.1 Å². The van der Waals surface area contributed by atoms with Gasteiger partial charge in [0.05, 0.1) is 11.6 Å². The molecule has 3 rings (SSSR count). The number of aliphatic hydroxyl groups excluding tert-OH is 1. The highest BCUT2D eigenvalue weighted by Crippen LogP contribution is 2.39. The molecular formula is C20H16FNO5. The van der Waals surface area contributed by atoms with E-state index in [9.17, 15) is 23.9 Å². The van der Waals surface area contributed by atoms with Crippen molar-refractivity contribution in [2.24, 2.45) is 0 Å². The fraction of sp³-hybridized carbons (Fsp3) is 0.150. The maximum Gasteiger partial charge on any atom is 0.323 e. The van der Waals surface area contributed by atoms with Crippen molar-refractivity contribution in [3.63, 3.8) is 0 Å². The van der Waals surface area contributed by atoms with Crippen LogP contribution in [-0.4, -0.2) is 39.3 Å². The molecule has 1 aliphatic rings. The number of rotatable bonds is 4. The van der Waals surface area contributed by atoms with Gasteiger partial charge in [-0.25, -0.2) is 4.39 Å². The number of Topliss-reactive ketones (excluding diaryl/α,β-unsaturated/α-hetero) is 1. The number of amides is 1. The molecular weight excluding hydrogens is 353 g/mol. The first-order valence-corrected chi connectivity index (χ1v) is 8.12. The number of nitrogens with zero attached hydrogens (tertiary/aromatic N) is 1. The summed E-state index contributed by atoms with van der Waals surface area (Å²) in [6, 6.07) is 10.5. The first-order valence-electron chi connectivity index (χ1n) is 8.12. The third kappa shape index (κ3) is 3.44. The van der Waals surface area contributed by atoms with E-state index in [-0.39, 0.29) is 5.57 Å². The van der Waals surface area contributed by atoms with Crippen LogP contribution in [0.15, 0.2) is 54.1 Å². The lowest BCUT2D eigenvalue weighted by atomic mass is 9.95. The summed E-state index contributed by atoms with van der Waals surface area (Å²) in [6.45, 7) is 1.13. The average Bonchev–Trinajstić information content (AvgIpc) is 2.87. The van der Waals surface area contributed by atoms with Crippen molar-refractivity contribution < 1.29 is 29.0 Å². The van der Waals surface area contributed by atoms with Crippen LogP contribution in [0.1, 0.15) is 22.7 Å². The Morgan fingerprint density at radius 2 is 1.63 bits per heavy atom. The summed E-state index contributed by atoms with van der Waals surface area (Å²) in [6.07, 6.45) is 0. The Bertz CT molecular complexity index is 947. The SMILES string of the molecule is Cc1ccc(/C(O)=C2/C(=O)C(=O)N(CC(=O)O)C2c2ccc(F)cc2)cc1. The van der Waals surface area contributed by atoms with Gasteiger partial charge in [-0.15, -0.1) is 0 Å². The number of benzene rings is 2. The van der Waals surface area contributed by atoms with Crippen molar-refractivity contribution in [2.75, 3.05) is 6.54 Å². The van der Waals surface area contributed by atoms with Crippen LogP contribution in [0.2, 0.25) is 0 Å². The molecule has 0 bridgehead atoms. The van der Waals surface area contributed by atoms with Gasteiger partial charge in [0.1, 0.15) is 18.1 Å². The summed E-state index contributed by atoms with van der Waals surface area (Å²) < 4.78 is 13.3. The molecule has 7 heteroatoms. The van der Waals surface area contributed by atoms with Gasteiger partial charge in [-0.1, -0.05) is 42.0 Å². The maximum absolute atomic E-state index is 13.3. The zero-order valence-corrected chi connectivity index (χ0v) is 14.3. The molecule has 2 aromatic rings. The number of carbonyl (C=O) groups is 3. The van der Waals surface area contributed by atoms with Crippen LogP contribution in [-0.2, 0) is 14.4 Å². The Balaban J connectivity index is 2.19. The molecule has 1 atom stereocenters. The van der Waals surface area contributed by atoms with Crippen molar-refractivity contribution in [1.82, 2.24) is 4.90 Å². The number of aryl methyl sites for hydroxylation is 1. The highest BCUT2D eigenvalue weighted by atomic mass is 19.1. The fourth-order valence-corrected chi connectivity index (χ4v) is 3.05. The smallest absolute Gasteiger partial charge is 0.323 e. The standard InChI is InChI=1S/C20H16FNO5/c1-11-2-4-13(5-3-11)18(25)16-17(12-6-8-14(21)9-7-12)22(10-15(23)24)20(27)19(16)26/h2-9,17,25H,10H2,1H3,(H,23,24)/b18-16-. The Labute approximate surface area is 154 Å². The topological polar surface area (TPSA) is 94.9 Å². The number of ketones is 1. The van der Waals surface area contributed by atoms with Gasteiger partial charge >= 0.3 is 5.97 Å². The molecule has 0 saturated carbocycles. The van der Waals surface area contributed by atoms with E-state index < -0.39 is 41.8 Å². The van der Waals surface area contributed by atoms with Crippen molar-refractivity contribution in [3.8, 4) is 0 Å². The molecule has 1 saturated heterocycles. The molecule has 0 radical (unpaired) electrons.